The first-order valence-electron chi connectivity index (χ1n) is 10.8. The molecule has 0 radical (unpaired) electrons. The second-order valence-corrected chi connectivity index (χ2v) is 7.93. The molecule has 0 saturated carbocycles. The number of nitrogens with zero attached hydrogens (tertiary/aromatic N) is 2. The van der Waals surface area contributed by atoms with Gasteiger partial charge in [-0.25, -0.2) is 5.43 Å². The highest BCUT2D eigenvalue weighted by atomic mass is 16.4. The Hall–Kier alpha value is -4.26. The highest BCUT2D eigenvalue weighted by molar-refractivity contribution is 6.11. The number of carbonyl (C=O) groups is 2. The molecule has 0 bridgehead atoms. The van der Waals surface area contributed by atoms with E-state index in [4.69, 9.17) is 4.42 Å². The van der Waals surface area contributed by atoms with Gasteiger partial charge in [0.1, 0.15) is 5.76 Å². The number of carbonyl (C=O) groups excluding carboxylic acids is 2. The molecule has 164 valence electrons. The molecule has 33 heavy (non-hydrogen) atoms. The Bertz CT molecular complexity index is 1380. The van der Waals surface area contributed by atoms with Crippen LogP contribution in [0.3, 0.4) is 0 Å². The lowest BCUT2D eigenvalue weighted by atomic mass is 9.93. The Kier molecular flexibility index (Phi) is 5.44. The summed E-state index contributed by atoms with van der Waals surface area (Å²) in [6.45, 7) is 1.85. The van der Waals surface area contributed by atoms with Gasteiger partial charge in [0.15, 0.2) is 5.76 Å². The number of furan rings is 1. The molecule has 0 fully saturated rings. The van der Waals surface area contributed by atoms with Gasteiger partial charge in [-0.15, -0.1) is 0 Å². The summed E-state index contributed by atoms with van der Waals surface area (Å²) >= 11 is 0. The predicted octanol–water partition coefficient (Wildman–Crippen LogP) is 4.86. The van der Waals surface area contributed by atoms with Crippen LogP contribution >= 0.6 is 0 Å². The molecular formula is C26H22N4O3. The van der Waals surface area contributed by atoms with Gasteiger partial charge in [-0.2, -0.15) is 5.10 Å². The van der Waals surface area contributed by atoms with E-state index in [1.165, 1.54) is 6.20 Å². The lowest BCUT2D eigenvalue weighted by Gasteiger charge is -2.13. The molecule has 2 aromatic heterocycles. The van der Waals surface area contributed by atoms with E-state index in [0.717, 1.165) is 39.8 Å². The van der Waals surface area contributed by atoms with Crippen molar-refractivity contribution < 1.29 is 14.0 Å². The predicted molar refractivity (Wildman–Crippen MR) is 127 cm³/mol. The van der Waals surface area contributed by atoms with Crippen molar-refractivity contribution in [3.63, 3.8) is 0 Å². The average Bonchev–Trinajstić information content (AvgIpc) is 3.20. The fourth-order valence-corrected chi connectivity index (χ4v) is 4.19. The number of pyridine rings is 1. The summed E-state index contributed by atoms with van der Waals surface area (Å²) in [6.07, 6.45) is 5.32. The maximum Gasteiger partial charge on any atom is 0.291 e. The van der Waals surface area contributed by atoms with E-state index in [1.807, 2.05) is 49.4 Å². The molecule has 2 N–H and O–H groups in total. The van der Waals surface area contributed by atoms with Crippen LogP contribution in [-0.2, 0) is 6.42 Å². The van der Waals surface area contributed by atoms with Crippen LogP contribution in [0.2, 0.25) is 0 Å². The molecule has 7 nitrogen and oxygen atoms in total. The topological polar surface area (TPSA) is 96.6 Å². The fraction of sp³-hybridized carbons (Fsp3) is 0.154. The Morgan fingerprint density at radius 3 is 2.70 bits per heavy atom. The molecule has 5 rings (SSSR count). The molecule has 1 aliphatic carbocycles. The monoisotopic (exact) mass is 438 g/mol. The minimum atomic E-state index is -0.335. The third kappa shape index (κ3) is 4.01. The molecule has 0 aliphatic heterocycles. The summed E-state index contributed by atoms with van der Waals surface area (Å²) in [4.78, 5) is 29.5. The minimum Gasteiger partial charge on any atom is -0.455 e. The largest absolute Gasteiger partial charge is 0.455 e. The number of benzene rings is 2. The lowest BCUT2D eigenvalue weighted by Crippen LogP contribution is -2.22. The Morgan fingerprint density at radius 1 is 1.00 bits per heavy atom. The van der Waals surface area contributed by atoms with Crippen LogP contribution in [0.1, 0.15) is 50.6 Å². The number of hydrazone groups is 1. The molecule has 0 atom stereocenters. The van der Waals surface area contributed by atoms with Gasteiger partial charge in [-0.3, -0.25) is 14.6 Å². The molecule has 0 spiro atoms. The van der Waals surface area contributed by atoms with Gasteiger partial charge in [-0.05, 0) is 43.4 Å². The molecule has 2 aromatic carbocycles. The smallest absolute Gasteiger partial charge is 0.291 e. The summed E-state index contributed by atoms with van der Waals surface area (Å²) in [5, 5.41) is 9.35. The van der Waals surface area contributed by atoms with E-state index in [2.05, 4.69) is 20.8 Å². The van der Waals surface area contributed by atoms with Gasteiger partial charge in [0.25, 0.3) is 11.8 Å². The number of aryl methyl sites for hydroxylation is 1. The second kappa shape index (κ2) is 8.70. The van der Waals surface area contributed by atoms with Crippen LogP contribution in [0.15, 0.2) is 76.5 Å². The molecule has 2 amide bonds. The summed E-state index contributed by atoms with van der Waals surface area (Å²) < 4.78 is 5.99. The molecule has 0 saturated heterocycles. The van der Waals surface area contributed by atoms with Crippen LogP contribution in [0.25, 0.3) is 10.8 Å². The molecule has 7 heteroatoms. The number of hydrogen-bond donors (Lipinski definition) is 2. The maximum absolute atomic E-state index is 13.1. The van der Waals surface area contributed by atoms with Gasteiger partial charge in [0, 0.05) is 41.0 Å². The highest BCUT2D eigenvalue weighted by Gasteiger charge is 2.28. The van der Waals surface area contributed by atoms with Crippen LogP contribution < -0.4 is 10.7 Å². The molecule has 0 unspecified atom stereocenters. The number of nitrogens with one attached hydrogen (secondary N) is 2. The quantitative estimate of drug-likeness (QED) is 0.445. The van der Waals surface area contributed by atoms with Gasteiger partial charge >= 0.3 is 0 Å². The van der Waals surface area contributed by atoms with E-state index >= 15 is 0 Å². The van der Waals surface area contributed by atoms with Crippen molar-refractivity contribution in [2.45, 2.75) is 26.2 Å². The van der Waals surface area contributed by atoms with Crippen molar-refractivity contribution in [1.82, 2.24) is 10.4 Å². The lowest BCUT2D eigenvalue weighted by molar-refractivity contribution is 0.0953. The summed E-state index contributed by atoms with van der Waals surface area (Å²) in [5.74, 6) is 0.340. The average molecular weight is 438 g/mol. The molecular weight excluding hydrogens is 416 g/mol. The Labute approximate surface area is 190 Å². The van der Waals surface area contributed by atoms with E-state index in [1.54, 1.807) is 18.3 Å². The van der Waals surface area contributed by atoms with Crippen molar-refractivity contribution in [3.05, 3.63) is 95.2 Å². The maximum atomic E-state index is 13.1. The summed E-state index contributed by atoms with van der Waals surface area (Å²) in [7, 11) is 0. The van der Waals surface area contributed by atoms with Crippen molar-refractivity contribution in [1.29, 1.82) is 0 Å². The van der Waals surface area contributed by atoms with Crippen molar-refractivity contribution >= 4 is 34.0 Å². The van der Waals surface area contributed by atoms with Gasteiger partial charge in [0.05, 0.1) is 11.3 Å². The zero-order chi connectivity index (χ0) is 22.8. The first-order valence-corrected chi connectivity index (χ1v) is 10.8. The zero-order valence-corrected chi connectivity index (χ0v) is 18.1. The third-order valence-corrected chi connectivity index (χ3v) is 5.79. The first kappa shape index (κ1) is 20.6. The number of rotatable bonds is 4. The van der Waals surface area contributed by atoms with E-state index in [9.17, 15) is 9.59 Å². The van der Waals surface area contributed by atoms with Crippen molar-refractivity contribution in [3.8, 4) is 0 Å². The van der Waals surface area contributed by atoms with Gasteiger partial charge < -0.3 is 9.73 Å². The Balaban J connectivity index is 1.41. The fourth-order valence-electron chi connectivity index (χ4n) is 4.19. The third-order valence-electron chi connectivity index (χ3n) is 5.79. The van der Waals surface area contributed by atoms with Crippen LogP contribution in [0, 0.1) is 6.92 Å². The zero-order valence-electron chi connectivity index (χ0n) is 18.1. The second-order valence-electron chi connectivity index (χ2n) is 7.93. The van der Waals surface area contributed by atoms with E-state index < -0.39 is 0 Å². The number of anilines is 1. The summed E-state index contributed by atoms with van der Waals surface area (Å²) in [5.41, 5.74) is 5.98. The first-order chi connectivity index (χ1) is 16.1. The summed E-state index contributed by atoms with van der Waals surface area (Å²) in [6, 6.07) is 17.0. The standard InChI is InChI=1S/C26H22N4O3/c1-16-23-21(29-30-25(31)18-9-6-14-27-15-18)12-5-13-22(23)33-24(16)26(32)28-20-11-4-8-17-7-2-3-10-19(17)20/h2-4,6-11,14-15H,5,12-13H2,1H3,(H,28,32)(H,30,31)/b29-21+. The van der Waals surface area contributed by atoms with Crippen LogP contribution in [-0.4, -0.2) is 22.5 Å². The number of aromatic nitrogens is 1. The number of amides is 2. The molecule has 2 heterocycles. The number of fused-ring (bicyclic) bond motifs is 2. The normalized spacial score (nSPS) is 14.2. The van der Waals surface area contributed by atoms with Crippen LogP contribution in [0.5, 0.6) is 0 Å². The van der Waals surface area contributed by atoms with Gasteiger partial charge in [0.2, 0.25) is 0 Å². The van der Waals surface area contributed by atoms with E-state index in [-0.39, 0.29) is 17.6 Å². The SMILES string of the molecule is Cc1c(C(=O)Nc2cccc3ccccc23)oc2c1/C(=N/NC(=O)c1cccnc1)CCC2. The van der Waals surface area contributed by atoms with Crippen molar-refractivity contribution in [2.24, 2.45) is 5.10 Å². The van der Waals surface area contributed by atoms with Crippen LogP contribution in [0.4, 0.5) is 5.69 Å². The van der Waals surface area contributed by atoms with Crippen molar-refractivity contribution in [2.75, 3.05) is 5.32 Å². The minimum absolute atomic E-state index is 0.265. The highest BCUT2D eigenvalue weighted by Crippen LogP contribution is 2.31. The van der Waals surface area contributed by atoms with Gasteiger partial charge in [-0.1, -0.05) is 36.4 Å². The number of hydrogen-bond acceptors (Lipinski definition) is 5. The van der Waals surface area contributed by atoms with E-state index in [0.29, 0.717) is 24.1 Å². The Morgan fingerprint density at radius 2 is 1.85 bits per heavy atom. The molecule has 1 aliphatic rings. The molecule has 4 aromatic rings.